The second kappa shape index (κ2) is 8.25. The lowest BCUT2D eigenvalue weighted by Crippen LogP contribution is -2.37. The van der Waals surface area contributed by atoms with Gasteiger partial charge < -0.3 is 4.90 Å². The van der Waals surface area contributed by atoms with Gasteiger partial charge in [-0.15, -0.1) is 0 Å². The summed E-state index contributed by atoms with van der Waals surface area (Å²) in [6, 6.07) is 7.45. The van der Waals surface area contributed by atoms with Crippen molar-refractivity contribution in [2.24, 2.45) is 5.92 Å². The second-order valence-corrected chi connectivity index (χ2v) is 7.31. The molecule has 0 amide bonds. The summed E-state index contributed by atoms with van der Waals surface area (Å²) in [6.07, 6.45) is 3.11. The lowest BCUT2D eigenvalue weighted by atomic mass is 9.96. The van der Waals surface area contributed by atoms with E-state index >= 15 is 0 Å². The van der Waals surface area contributed by atoms with Crippen LogP contribution in [0.15, 0.2) is 60.0 Å². The summed E-state index contributed by atoms with van der Waals surface area (Å²) in [7, 11) is 0. The predicted molar refractivity (Wildman–Crippen MR) is 106 cm³/mol. The summed E-state index contributed by atoms with van der Waals surface area (Å²) in [6.45, 7) is 1.41. The van der Waals surface area contributed by atoms with Crippen LogP contribution in [-0.2, 0) is 12.7 Å². The fraction of sp³-hybridized carbons (Fsp3) is 0.333. The van der Waals surface area contributed by atoms with Gasteiger partial charge in [-0.3, -0.25) is 14.3 Å². The quantitative estimate of drug-likeness (QED) is 0.651. The molecule has 1 fully saturated rings. The van der Waals surface area contributed by atoms with Crippen molar-refractivity contribution in [3.63, 3.8) is 0 Å². The van der Waals surface area contributed by atoms with E-state index in [2.05, 4.69) is 15.0 Å². The van der Waals surface area contributed by atoms with Crippen LogP contribution < -0.4 is 10.5 Å². The lowest BCUT2D eigenvalue weighted by molar-refractivity contribution is -0.137. The Labute approximate surface area is 171 Å². The first-order valence-electron chi connectivity index (χ1n) is 9.66. The van der Waals surface area contributed by atoms with Crippen molar-refractivity contribution in [2.45, 2.75) is 25.6 Å². The number of pyridine rings is 2. The average molecular weight is 415 g/mol. The maximum absolute atomic E-state index is 13.3. The first-order chi connectivity index (χ1) is 14.4. The first-order valence-corrected chi connectivity index (χ1v) is 9.66. The molecule has 1 saturated heterocycles. The van der Waals surface area contributed by atoms with Crippen molar-refractivity contribution in [3.8, 4) is 11.3 Å². The van der Waals surface area contributed by atoms with Crippen LogP contribution in [0.4, 0.5) is 19.0 Å². The van der Waals surface area contributed by atoms with E-state index in [1.807, 2.05) is 6.07 Å². The summed E-state index contributed by atoms with van der Waals surface area (Å²) >= 11 is 0. The molecule has 30 heavy (non-hydrogen) atoms. The fourth-order valence-corrected chi connectivity index (χ4v) is 3.71. The van der Waals surface area contributed by atoms with E-state index in [4.69, 9.17) is 0 Å². The Morgan fingerprint density at radius 3 is 2.50 bits per heavy atom. The van der Waals surface area contributed by atoms with Crippen molar-refractivity contribution in [3.05, 3.63) is 71.2 Å². The molecule has 4 heterocycles. The molecule has 0 atom stereocenters. The van der Waals surface area contributed by atoms with Crippen LogP contribution in [0.3, 0.4) is 0 Å². The summed E-state index contributed by atoms with van der Waals surface area (Å²) < 4.78 is 41.3. The molecule has 0 bridgehead atoms. The Kier molecular flexibility index (Phi) is 5.52. The van der Waals surface area contributed by atoms with Crippen molar-refractivity contribution in [1.82, 2.24) is 19.5 Å². The first kappa shape index (κ1) is 20.1. The lowest BCUT2D eigenvalue weighted by Gasteiger charge is -2.34. The Hall–Kier alpha value is -3.23. The third-order valence-corrected chi connectivity index (χ3v) is 5.30. The Morgan fingerprint density at radius 2 is 1.83 bits per heavy atom. The molecule has 3 aromatic rings. The Morgan fingerprint density at radius 1 is 1.07 bits per heavy atom. The van der Waals surface area contributed by atoms with Gasteiger partial charge in [0.15, 0.2) is 0 Å². The molecule has 0 N–H and O–H groups in total. The van der Waals surface area contributed by atoms with E-state index in [1.165, 1.54) is 24.7 Å². The number of nitrogens with zero attached hydrogens (tertiary/aromatic N) is 5. The molecule has 156 valence electrons. The van der Waals surface area contributed by atoms with Crippen molar-refractivity contribution >= 4 is 5.82 Å². The maximum Gasteiger partial charge on any atom is 0.419 e. The highest BCUT2D eigenvalue weighted by atomic mass is 19.4. The minimum Gasteiger partial charge on any atom is -0.356 e. The number of aromatic nitrogens is 4. The molecule has 4 rings (SSSR count). The van der Waals surface area contributed by atoms with Gasteiger partial charge in [-0.25, -0.2) is 9.97 Å². The Bertz CT molecular complexity index is 1060. The Balaban J connectivity index is 1.42. The van der Waals surface area contributed by atoms with Gasteiger partial charge in [-0.05, 0) is 43.0 Å². The van der Waals surface area contributed by atoms with Crippen LogP contribution in [0.5, 0.6) is 0 Å². The molecule has 0 aliphatic carbocycles. The van der Waals surface area contributed by atoms with E-state index in [9.17, 15) is 18.0 Å². The van der Waals surface area contributed by atoms with Crippen LogP contribution in [0, 0.1) is 5.92 Å². The third kappa shape index (κ3) is 4.34. The summed E-state index contributed by atoms with van der Waals surface area (Å²) in [4.78, 5) is 26.5. The molecule has 0 aromatic carbocycles. The van der Waals surface area contributed by atoms with Crippen LogP contribution in [0.25, 0.3) is 11.3 Å². The minimum absolute atomic E-state index is 0.0249. The van der Waals surface area contributed by atoms with Gasteiger partial charge in [0.25, 0.3) is 5.56 Å². The smallest absolute Gasteiger partial charge is 0.356 e. The van der Waals surface area contributed by atoms with Crippen LogP contribution >= 0.6 is 0 Å². The van der Waals surface area contributed by atoms with Gasteiger partial charge >= 0.3 is 6.18 Å². The molecule has 3 aromatic heterocycles. The normalized spacial score (nSPS) is 15.4. The van der Waals surface area contributed by atoms with Gasteiger partial charge in [0.2, 0.25) is 0 Å². The van der Waals surface area contributed by atoms with Gasteiger partial charge in [-0.1, -0.05) is 0 Å². The molecule has 0 spiro atoms. The molecular weight excluding hydrogens is 395 g/mol. The van der Waals surface area contributed by atoms with Crippen molar-refractivity contribution < 1.29 is 13.2 Å². The van der Waals surface area contributed by atoms with E-state index < -0.39 is 11.7 Å². The molecule has 1 aliphatic heterocycles. The SMILES string of the molecule is O=c1cc(-c2cccnc2)ncn1CC1CCN(c2ncccc2C(F)(F)F)CC1. The highest BCUT2D eigenvalue weighted by Gasteiger charge is 2.36. The highest BCUT2D eigenvalue weighted by molar-refractivity contribution is 5.56. The number of hydrogen-bond donors (Lipinski definition) is 0. The highest BCUT2D eigenvalue weighted by Crippen LogP contribution is 2.36. The van der Waals surface area contributed by atoms with E-state index in [-0.39, 0.29) is 17.3 Å². The van der Waals surface area contributed by atoms with Gasteiger partial charge in [0, 0.05) is 49.9 Å². The van der Waals surface area contributed by atoms with Crippen LogP contribution in [0.1, 0.15) is 18.4 Å². The number of hydrogen-bond acceptors (Lipinski definition) is 5. The predicted octanol–water partition coefficient (Wildman–Crippen LogP) is 3.64. The van der Waals surface area contributed by atoms with E-state index in [1.54, 1.807) is 27.9 Å². The molecule has 9 heteroatoms. The zero-order valence-electron chi connectivity index (χ0n) is 16.1. The largest absolute Gasteiger partial charge is 0.419 e. The van der Waals surface area contributed by atoms with Crippen LogP contribution in [-0.4, -0.2) is 32.6 Å². The number of halogens is 3. The standard InChI is InChI=1S/C21H20F3N5O/c22-21(23,24)17-4-2-8-26-20(17)28-9-5-15(6-10-28)13-29-14-27-18(11-19(29)30)16-3-1-7-25-12-16/h1-4,7-8,11-12,14-15H,5-6,9-10,13H2. The summed E-state index contributed by atoms with van der Waals surface area (Å²) in [5.41, 5.74) is 0.463. The second-order valence-electron chi connectivity index (χ2n) is 7.31. The molecule has 0 saturated carbocycles. The van der Waals surface area contributed by atoms with Crippen LogP contribution in [0.2, 0.25) is 0 Å². The average Bonchev–Trinajstić information content (AvgIpc) is 2.76. The summed E-state index contributed by atoms with van der Waals surface area (Å²) in [5, 5.41) is 0. The van der Waals surface area contributed by atoms with Gasteiger partial charge in [0.1, 0.15) is 5.82 Å². The molecule has 0 unspecified atom stereocenters. The number of rotatable bonds is 4. The van der Waals surface area contributed by atoms with Crippen molar-refractivity contribution in [1.29, 1.82) is 0 Å². The van der Waals surface area contributed by atoms with E-state index in [0.717, 1.165) is 11.6 Å². The van der Waals surface area contributed by atoms with Gasteiger partial charge in [-0.2, -0.15) is 13.2 Å². The molecule has 0 radical (unpaired) electrons. The number of piperidine rings is 1. The number of alkyl halides is 3. The molecule has 6 nitrogen and oxygen atoms in total. The minimum atomic E-state index is -4.44. The van der Waals surface area contributed by atoms with E-state index in [0.29, 0.717) is 38.2 Å². The topological polar surface area (TPSA) is 63.9 Å². The zero-order chi connectivity index (χ0) is 21.1. The van der Waals surface area contributed by atoms with Crippen molar-refractivity contribution in [2.75, 3.05) is 18.0 Å². The maximum atomic E-state index is 13.3. The monoisotopic (exact) mass is 415 g/mol. The number of anilines is 1. The zero-order valence-corrected chi connectivity index (χ0v) is 16.1. The summed E-state index contributed by atoms with van der Waals surface area (Å²) in [5.74, 6) is 0.158. The molecule has 1 aliphatic rings. The third-order valence-electron chi connectivity index (χ3n) is 5.30. The fourth-order valence-electron chi connectivity index (χ4n) is 3.71. The van der Waals surface area contributed by atoms with Gasteiger partial charge in [0.05, 0.1) is 17.6 Å². The molecular formula is C21H20F3N5O.